The van der Waals surface area contributed by atoms with E-state index in [4.69, 9.17) is 5.73 Å². The molecule has 2 aromatic heterocycles. The van der Waals surface area contributed by atoms with E-state index in [0.717, 1.165) is 59.2 Å². The van der Waals surface area contributed by atoms with Gasteiger partial charge in [-0.05, 0) is 35.2 Å². The third-order valence-electron chi connectivity index (χ3n) is 4.72. The summed E-state index contributed by atoms with van der Waals surface area (Å²) in [6.45, 7) is 5.71. The molecule has 3 heterocycles. The number of hydrogen-bond donors (Lipinski definition) is 3. The van der Waals surface area contributed by atoms with Crippen molar-refractivity contribution < 1.29 is 4.79 Å². The van der Waals surface area contributed by atoms with Crippen LogP contribution < -0.4 is 16.0 Å². The highest BCUT2D eigenvalue weighted by Gasteiger charge is 2.24. The minimum atomic E-state index is -0.0260. The molecule has 0 aliphatic carbocycles. The first-order chi connectivity index (χ1) is 11.5. The Hall–Kier alpha value is -1.60. The number of H-pyrrole nitrogens is 1. The third kappa shape index (κ3) is 3.28. The Bertz CT molecular complexity index is 744. The molecule has 6 nitrogen and oxygen atoms in total. The van der Waals surface area contributed by atoms with Crippen molar-refractivity contribution in [3.05, 3.63) is 16.9 Å². The van der Waals surface area contributed by atoms with Gasteiger partial charge in [0, 0.05) is 37.4 Å². The fourth-order valence-electron chi connectivity index (χ4n) is 3.12. The number of nitrogens with two attached hydrogens (primary N) is 1. The Morgan fingerprint density at radius 1 is 1.62 bits per heavy atom. The highest BCUT2D eigenvalue weighted by Crippen LogP contribution is 2.38. The summed E-state index contributed by atoms with van der Waals surface area (Å²) in [6.07, 6.45) is 6.54. The maximum Gasteiger partial charge on any atom is 0.227 e. The SMILES string of the molecule is CC[C@@H](C)C(=O)Nc1c[nH]c2ncc(Br)c(N3CCCC(N)C3)c12. The van der Waals surface area contributed by atoms with Gasteiger partial charge in [-0.2, -0.15) is 0 Å². The van der Waals surface area contributed by atoms with E-state index in [1.165, 1.54) is 0 Å². The van der Waals surface area contributed by atoms with Crippen LogP contribution >= 0.6 is 15.9 Å². The molecule has 7 heteroatoms. The molecule has 24 heavy (non-hydrogen) atoms. The fourth-order valence-corrected chi connectivity index (χ4v) is 3.67. The van der Waals surface area contributed by atoms with E-state index in [0.29, 0.717) is 0 Å². The zero-order chi connectivity index (χ0) is 17.3. The van der Waals surface area contributed by atoms with Crippen LogP contribution in [0.2, 0.25) is 0 Å². The summed E-state index contributed by atoms with van der Waals surface area (Å²) in [5.41, 5.74) is 8.76. The fraction of sp³-hybridized carbons (Fsp3) is 0.529. The number of halogens is 1. The van der Waals surface area contributed by atoms with Crippen LogP contribution in [0.3, 0.4) is 0 Å². The van der Waals surface area contributed by atoms with Crippen LogP contribution in [0.4, 0.5) is 11.4 Å². The van der Waals surface area contributed by atoms with Gasteiger partial charge in [-0.3, -0.25) is 4.79 Å². The lowest BCUT2D eigenvalue weighted by Crippen LogP contribution is -2.43. The molecule has 1 aliphatic rings. The Kier molecular flexibility index (Phi) is 5.10. The van der Waals surface area contributed by atoms with E-state index >= 15 is 0 Å². The van der Waals surface area contributed by atoms with Gasteiger partial charge < -0.3 is 20.9 Å². The molecule has 0 radical (unpaired) electrons. The molecule has 1 saturated heterocycles. The van der Waals surface area contributed by atoms with Crippen LogP contribution in [0.1, 0.15) is 33.1 Å². The van der Waals surface area contributed by atoms with Gasteiger partial charge in [0.25, 0.3) is 0 Å². The van der Waals surface area contributed by atoms with Crippen LogP contribution in [0.25, 0.3) is 11.0 Å². The Morgan fingerprint density at radius 3 is 3.12 bits per heavy atom. The average molecular weight is 394 g/mol. The predicted octanol–water partition coefficient (Wildman–Crippen LogP) is 3.24. The number of anilines is 2. The highest BCUT2D eigenvalue weighted by atomic mass is 79.9. The molecule has 2 aromatic rings. The van der Waals surface area contributed by atoms with Crippen molar-refractivity contribution in [2.75, 3.05) is 23.3 Å². The Labute approximate surface area is 150 Å². The van der Waals surface area contributed by atoms with Gasteiger partial charge in [-0.15, -0.1) is 0 Å². The summed E-state index contributed by atoms with van der Waals surface area (Å²) in [4.78, 5) is 22.2. The molecule has 1 aliphatic heterocycles. The number of piperidine rings is 1. The number of amides is 1. The topological polar surface area (TPSA) is 87.0 Å². The molecule has 1 unspecified atom stereocenters. The minimum absolute atomic E-state index is 0.0260. The maximum absolute atomic E-state index is 12.3. The first-order valence-electron chi connectivity index (χ1n) is 8.48. The van der Waals surface area contributed by atoms with Crippen molar-refractivity contribution in [1.82, 2.24) is 9.97 Å². The number of carbonyl (C=O) groups is 1. The lowest BCUT2D eigenvalue weighted by Gasteiger charge is -2.33. The molecule has 1 amide bonds. The van der Waals surface area contributed by atoms with Gasteiger partial charge in [-0.25, -0.2) is 4.98 Å². The number of fused-ring (bicyclic) bond motifs is 1. The van der Waals surface area contributed by atoms with E-state index in [2.05, 4.69) is 36.1 Å². The van der Waals surface area contributed by atoms with Crippen molar-refractivity contribution in [3.8, 4) is 0 Å². The second-order valence-electron chi connectivity index (χ2n) is 6.53. The summed E-state index contributed by atoms with van der Waals surface area (Å²) in [5.74, 6) is 0.00147. The lowest BCUT2D eigenvalue weighted by molar-refractivity contribution is -0.119. The van der Waals surface area contributed by atoms with Crippen molar-refractivity contribution in [2.24, 2.45) is 11.7 Å². The molecule has 130 valence electrons. The zero-order valence-electron chi connectivity index (χ0n) is 14.1. The summed E-state index contributed by atoms with van der Waals surface area (Å²) in [6, 6.07) is 0.172. The van der Waals surface area contributed by atoms with Crippen LogP contribution in [-0.4, -0.2) is 35.0 Å². The van der Waals surface area contributed by atoms with Crippen molar-refractivity contribution >= 4 is 44.2 Å². The molecule has 0 bridgehead atoms. The van der Waals surface area contributed by atoms with Gasteiger partial charge in [0.1, 0.15) is 5.65 Å². The van der Waals surface area contributed by atoms with Crippen LogP contribution in [0, 0.1) is 5.92 Å². The van der Waals surface area contributed by atoms with Gasteiger partial charge in [-0.1, -0.05) is 13.8 Å². The summed E-state index contributed by atoms with van der Waals surface area (Å²) >= 11 is 3.63. The maximum atomic E-state index is 12.3. The zero-order valence-corrected chi connectivity index (χ0v) is 15.7. The van der Waals surface area contributed by atoms with E-state index in [1.807, 2.05) is 20.0 Å². The third-order valence-corrected chi connectivity index (χ3v) is 5.30. The normalized spacial score (nSPS) is 19.5. The largest absolute Gasteiger partial charge is 0.368 e. The number of hydrogen-bond acceptors (Lipinski definition) is 4. The van der Waals surface area contributed by atoms with Gasteiger partial charge in [0.15, 0.2) is 0 Å². The number of aromatic amines is 1. The number of pyridine rings is 1. The second-order valence-corrected chi connectivity index (χ2v) is 7.38. The van der Waals surface area contributed by atoms with E-state index in [1.54, 1.807) is 6.20 Å². The summed E-state index contributed by atoms with van der Waals surface area (Å²) < 4.78 is 0.919. The van der Waals surface area contributed by atoms with Crippen LogP contribution in [0.5, 0.6) is 0 Å². The molecule has 1 fully saturated rings. The summed E-state index contributed by atoms with van der Waals surface area (Å²) in [5, 5.41) is 3.98. The number of nitrogens with one attached hydrogen (secondary N) is 2. The summed E-state index contributed by atoms with van der Waals surface area (Å²) in [7, 11) is 0. The molecule has 0 saturated carbocycles. The molecule has 0 spiro atoms. The second kappa shape index (κ2) is 7.11. The Morgan fingerprint density at radius 2 is 2.42 bits per heavy atom. The average Bonchev–Trinajstić information content (AvgIpc) is 2.96. The first-order valence-corrected chi connectivity index (χ1v) is 9.27. The molecule has 2 atom stereocenters. The standard InChI is InChI=1S/C17H24BrN5O/c1-3-10(2)17(24)22-13-8-21-16-14(13)15(12(18)7-20-16)23-6-4-5-11(19)9-23/h7-8,10-11H,3-6,9,19H2,1-2H3,(H,20,21)(H,22,24)/t10-,11?/m1/s1. The van der Waals surface area contributed by atoms with Crippen molar-refractivity contribution in [2.45, 2.75) is 39.2 Å². The number of nitrogens with zero attached hydrogens (tertiary/aromatic N) is 2. The molecule has 4 N–H and O–H groups in total. The minimum Gasteiger partial charge on any atom is -0.368 e. The highest BCUT2D eigenvalue weighted by molar-refractivity contribution is 9.10. The van der Waals surface area contributed by atoms with E-state index in [-0.39, 0.29) is 17.9 Å². The monoisotopic (exact) mass is 393 g/mol. The van der Waals surface area contributed by atoms with E-state index in [9.17, 15) is 4.79 Å². The first kappa shape index (κ1) is 17.2. The van der Waals surface area contributed by atoms with Crippen molar-refractivity contribution in [3.63, 3.8) is 0 Å². The quantitative estimate of drug-likeness (QED) is 0.743. The molecular formula is C17H24BrN5O. The van der Waals surface area contributed by atoms with Crippen molar-refractivity contribution in [1.29, 1.82) is 0 Å². The van der Waals surface area contributed by atoms with E-state index < -0.39 is 0 Å². The van der Waals surface area contributed by atoms with Gasteiger partial charge in [0.2, 0.25) is 5.91 Å². The van der Waals surface area contributed by atoms with Crippen LogP contribution in [0.15, 0.2) is 16.9 Å². The Balaban J connectivity index is 2.02. The molecule has 3 rings (SSSR count). The number of carbonyl (C=O) groups excluding carboxylic acids is 1. The number of rotatable bonds is 4. The predicted molar refractivity (Wildman–Crippen MR) is 101 cm³/mol. The number of aromatic nitrogens is 2. The lowest BCUT2D eigenvalue weighted by atomic mass is 10.0. The molecular weight excluding hydrogens is 370 g/mol. The van der Waals surface area contributed by atoms with Gasteiger partial charge in [0.05, 0.1) is 21.2 Å². The smallest absolute Gasteiger partial charge is 0.227 e. The molecule has 0 aromatic carbocycles. The van der Waals surface area contributed by atoms with Gasteiger partial charge >= 0.3 is 0 Å². The van der Waals surface area contributed by atoms with Crippen LogP contribution in [-0.2, 0) is 4.79 Å².